The molecule has 25 heavy (non-hydrogen) atoms. The lowest BCUT2D eigenvalue weighted by atomic mass is 9.87. The van der Waals surface area contributed by atoms with Gasteiger partial charge in [-0.2, -0.15) is 5.10 Å². The van der Waals surface area contributed by atoms with Crippen LogP contribution < -0.4 is 15.4 Å². The number of ether oxygens (including phenoxy) is 1. The summed E-state index contributed by atoms with van der Waals surface area (Å²) < 4.78 is 7.66. The molecule has 0 aliphatic carbocycles. The first-order valence-corrected chi connectivity index (χ1v) is 8.98. The molecule has 1 aromatic carbocycles. The van der Waals surface area contributed by atoms with Crippen LogP contribution in [0.4, 0.5) is 0 Å². The van der Waals surface area contributed by atoms with Crippen LogP contribution >= 0.6 is 0 Å². The van der Waals surface area contributed by atoms with Crippen LogP contribution in [0, 0.1) is 5.92 Å². The van der Waals surface area contributed by atoms with Crippen LogP contribution in [0.3, 0.4) is 0 Å². The highest BCUT2D eigenvalue weighted by Crippen LogP contribution is 2.29. The van der Waals surface area contributed by atoms with Crippen LogP contribution in [0.2, 0.25) is 0 Å². The first-order valence-electron chi connectivity index (χ1n) is 8.98. The van der Waals surface area contributed by atoms with E-state index in [2.05, 4.69) is 21.8 Å². The summed E-state index contributed by atoms with van der Waals surface area (Å²) in [5, 5.41) is 10.9. The maximum absolute atomic E-state index is 13.1. The second-order valence-corrected chi connectivity index (χ2v) is 6.93. The SMILES string of the molecule is O=C(NCC1COc2ccccc2C1)C1(n2cccn2)CCNCC1. The molecule has 1 fully saturated rings. The highest BCUT2D eigenvalue weighted by Gasteiger charge is 2.42. The molecule has 1 unspecified atom stereocenters. The van der Waals surface area contributed by atoms with Crippen molar-refractivity contribution in [2.75, 3.05) is 26.2 Å². The van der Waals surface area contributed by atoms with E-state index >= 15 is 0 Å². The van der Waals surface area contributed by atoms with Gasteiger partial charge in [-0.3, -0.25) is 9.48 Å². The van der Waals surface area contributed by atoms with Gasteiger partial charge in [0, 0.05) is 24.9 Å². The number of nitrogens with one attached hydrogen (secondary N) is 2. The fraction of sp³-hybridized carbons (Fsp3) is 0.474. The monoisotopic (exact) mass is 340 g/mol. The molecule has 132 valence electrons. The quantitative estimate of drug-likeness (QED) is 0.881. The van der Waals surface area contributed by atoms with Crippen molar-refractivity contribution >= 4 is 5.91 Å². The fourth-order valence-electron chi connectivity index (χ4n) is 3.85. The first-order chi connectivity index (χ1) is 12.3. The number of nitrogens with zero attached hydrogens (tertiary/aromatic N) is 2. The van der Waals surface area contributed by atoms with Crippen LogP contribution in [0.1, 0.15) is 18.4 Å². The topological polar surface area (TPSA) is 68.2 Å². The summed E-state index contributed by atoms with van der Waals surface area (Å²) in [5.74, 6) is 1.34. The summed E-state index contributed by atoms with van der Waals surface area (Å²) in [6.45, 7) is 2.93. The summed E-state index contributed by atoms with van der Waals surface area (Å²) >= 11 is 0. The predicted molar refractivity (Wildman–Crippen MR) is 94.4 cm³/mol. The summed E-state index contributed by atoms with van der Waals surface area (Å²) in [6, 6.07) is 10.0. The van der Waals surface area contributed by atoms with E-state index < -0.39 is 5.54 Å². The number of aromatic nitrogens is 2. The van der Waals surface area contributed by atoms with E-state index in [1.54, 1.807) is 6.20 Å². The lowest BCUT2D eigenvalue weighted by Crippen LogP contribution is -2.55. The van der Waals surface area contributed by atoms with Crippen molar-refractivity contribution in [1.29, 1.82) is 0 Å². The van der Waals surface area contributed by atoms with E-state index in [1.165, 1.54) is 5.56 Å². The van der Waals surface area contributed by atoms with Crippen LogP contribution in [-0.2, 0) is 16.8 Å². The number of hydrogen-bond donors (Lipinski definition) is 2. The number of fused-ring (bicyclic) bond motifs is 1. The van der Waals surface area contributed by atoms with Gasteiger partial charge in [-0.15, -0.1) is 0 Å². The Morgan fingerprint density at radius 2 is 2.16 bits per heavy atom. The Labute approximate surface area is 147 Å². The Morgan fingerprint density at radius 3 is 2.96 bits per heavy atom. The van der Waals surface area contributed by atoms with Crippen molar-refractivity contribution in [3.63, 3.8) is 0 Å². The van der Waals surface area contributed by atoms with Gasteiger partial charge in [0.25, 0.3) is 0 Å². The molecule has 1 saturated heterocycles. The largest absolute Gasteiger partial charge is 0.493 e. The number of para-hydroxylation sites is 1. The third-order valence-corrected chi connectivity index (χ3v) is 5.30. The van der Waals surface area contributed by atoms with E-state index in [9.17, 15) is 4.79 Å². The van der Waals surface area contributed by atoms with Crippen molar-refractivity contribution in [3.05, 3.63) is 48.3 Å². The van der Waals surface area contributed by atoms with E-state index in [-0.39, 0.29) is 5.91 Å². The standard InChI is InChI=1S/C19H24N4O2/c24-18(19(6-9-20-10-7-19)23-11-3-8-22-23)21-13-15-12-16-4-1-2-5-17(16)25-14-15/h1-5,8,11,15,20H,6-7,9-10,12-14H2,(H,21,24). The van der Waals surface area contributed by atoms with Gasteiger partial charge in [-0.25, -0.2) is 0 Å². The molecule has 1 amide bonds. The third kappa shape index (κ3) is 3.14. The number of rotatable bonds is 4. The zero-order valence-corrected chi connectivity index (χ0v) is 14.3. The Kier molecular flexibility index (Phi) is 4.44. The molecule has 2 N–H and O–H groups in total. The Bertz CT molecular complexity index is 723. The third-order valence-electron chi connectivity index (χ3n) is 5.30. The van der Waals surface area contributed by atoms with E-state index in [1.807, 2.05) is 35.1 Å². The molecule has 0 saturated carbocycles. The van der Waals surface area contributed by atoms with E-state index in [0.29, 0.717) is 19.1 Å². The first kappa shape index (κ1) is 16.1. The van der Waals surface area contributed by atoms with Crippen molar-refractivity contribution in [1.82, 2.24) is 20.4 Å². The molecule has 0 radical (unpaired) electrons. The molecule has 6 heteroatoms. The summed E-state index contributed by atoms with van der Waals surface area (Å²) in [5.41, 5.74) is 0.638. The van der Waals surface area contributed by atoms with Crippen LogP contribution in [0.15, 0.2) is 42.7 Å². The highest BCUT2D eigenvalue weighted by atomic mass is 16.5. The maximum atomic E-state index is 13.1. The average Bonchev–Trinajstić information content (AvgIpc) is 3.22. The number of piperidine rings is 1. The van der Waals surface area contributed by atoms with Crippen molar-refractivity contribution < 1.29 is 9.53 Å². The minimum Gasteiger partial charge on any atom is -0.493 e. The molecule has 1 atom stereocenters. The lowest BCUT2D eigenvalue weighted by molar-refractivity contribution is -0.132. The normalized spacial score (nSPS) is 21.8. The predicted octanol–water partition coefficient (Wildman–Crippen LogP) is 1.33. The molecule has 0 spiro atoms. The minimum absolute atomic E-state index is 0.0663. The number of hydrogen-bond acceptors (Lipinski definition) is 4. The maximum Gasteiger partial charge on any atom is 0.248 e. The highest BCUT2D eigenvalue weighted by molar-refractivity contribution is 5.84. The number of benzene rings is 1. The lowest BCUT2D eigenvalue weighted by Gasteiger charge is -2.37. The van der Waals surface area contributed by atoms with Crippen molar-refractivity contribution in [3.8, 4) is 5.75 Å². The van der Waals surface area contributed by atoms with Gasteiger partial charge < -0.3 is 15.4 Å². The van der Waals surface area contributed by atoms with Crippen molar-refractivity contribution in [2.24, 2.45) is 5.92 Å². The molecular weight excluding hydrogens is 316 g/mol. The van der Waals surface area contributed by atoms with E-state index in [0.717, 1.165) is 38.1 Å². The van der Waals surface area contributed by atoms with Gasteiger partial charge in [-0.1, -0.05) is 18.2 Å². The van der Waals surface area contributed by atoms with Gasteiger partial charge >= 0.3 is 0 Å². The van der Waals surface area contributed by atoms with Crippen molar-refractivity contribution in [2.45, 2.75) is 24.8 Å². The second-order valence-electron chi connectivity index (χ2n) is 6.93. The summed E-state index contributed by atoms with van der Waals surface area (Å²) in [7, 11) is 0. The van der Waals surface area contributed by atoms with Crippen LogP contribution in [0.25, 0.3) is 0 Å². The second kappa shape index (κ2) is 6.88. The summed E-state index contributed by atoms with van der Waals surface area (Å²) in [6.07, 6.45) is 6.08. The number of carbonyl (C=O) groups is 1. The van der Waals surface area contributed by atoms with Gasteiger partial charge in [-0.05, 0) is 50.0 Å². The molecule has 0 bridgehead atoms. The van der Waals surface area contributed by atoms with Gasteiger partial charge in [0.2, 0.25) is 5.91 Å². The molecular formula is C19H24N4O2. The van der Waals surface area contributed by atoms with Gasteiger partial charge in [0.15, 0.2) is 0 Å². The molecule has 6 nitrogen and oxygen atoms in total. The van der Waals surface area contributed by atoms with Gasteiger partial charge in [0.1, 0.15) is 11.3 Å². The van der Waals surface area contributed by atoms with Gasteiger partial charge in [0.05, 0.1) is 6.61 Å². The fourth-order valence-corrected chi connectivity index (χ4v) is 3.85. The Balaban J connectivity index is 1.43. The molecule has 3 heterocycles. The van der Waals surface area contributed by atoms with E-state index in [4.69, 9.17) is 4.74 Å². The summed E-state index contributed by atoms with van der Waals surface area (Å²) in [4.78, 5) is 13.1. The molecule has 2 aliphatic heterocycles. The smallest absolute Gasteiger partial charge is 0.248 e. The average molecular weight is 340 g/mol. The Morgan fingerprint density at radius 1 is 1.32 bits per heavy atom. The van der Waals surface area contributed by atoms with Crippen LogP contribution in [-0.4, -0.2) is 41.9 Å². The molecule has 4 rings (SSSR count). The number of amides is 1. The Hall–Kier alpha value is -2.34. The zero-order chi connectivity index (χ0) is 17.1. The minimum atomic E-state index is -0.581. The van der Waals surface area contributed by atoms with Crippen LogP contribution in [0.5, 0.6) is 5.75 Å². The molecule has 2 aromatic rings. The number of carbonyl (C=O) groups excluding carboxylic acids is 1. The molecule has 1 aromatic heterocycles. The zero-order valence-electron chi connectivity index (χ0n) is 14.3. The molecule has 2 aliphatic rings.